The van der Waals surface area contributed by atoms with E-state index in [4.69, 9.17) is 9.72 Å². The van der Waals surface area contributed by atoms with E-state index in [9.17, 15) is 5.11 Å². The van der Waals surface area contributed by atoms with E-state index in [2.05, 4.69) is 69.1 Å². The highest BCUT2D eigenvalue weighted by molar-refractivity contribution is 9.10. The number of hydrogen-bond acceptors (Lipinski definition) is 4. The molecule has 1 aliphatic rings. The number of hydrogen-bond donors (Lipinski definition) is 1. The van der Waals surface area contributed by atoms with Crippen LogP contribution in [0.25, 0.3) is 21.7 Å². The molecule has 1 heterocycles. The number of halogens is 1. The van der Waals surface area contributed by atoms with Crippen LogP contribution in [0.5, 0.6) is 5.88 Å². The van der Waals surface area contributed by atoms with E-state index in [0.29, 0.717) is 24.6 Å². The maximum atomic E-state index is 12.9. The van der Waals surface area contributed by atoms with Gasteiger partial charge in [-0.15, -0.1) is 5.92 Å². The summed E-state index contributed by atoms with van der Waals surface area (Å²) >= 11 is 3.60. The minimum atomic E-state index is -1.20. The molecule has 3 aromatic carbocycles. The third-order valence-electron chi connectivity index (χ3n) is 7.30. The van der Waals surface area contributed by atoms with Crippen LogP contribution in [0.15, 0.2) is 71.2 Å². The molecule has 0 spiro atoms. The Labute approximate surface area is 227 Å². The maximum absolute atomic E-state index is 12.9. The minimum Gasteiger partial charge on any atom is -0.481 e. The predicted octanol–water partition coefficient (Wildman–Crippen LogP) is 6.89. The summed E-state index contributed by atoms with van der Waals surface area (Å²) in [5.74, 6) is 7.57. The lowest BCUT2D eigenvalue weighted by molar-refractivity contribution is -0.00522. The fourth-order valence-corrected chi connectivity index (χ4v) is 5.50. The zero-order valence-corrected chi connectivity index (χ0v) is 23.3. The van der Waals surface area contributed by atoms with Gasteiger partial charge in [0.1, 0.15) is 0 Å². The normalized spacial score (nSPS) is 15.8. The molecule has 1 N–H and O–H groups in total. The van der Waals surface area contributed by atoms with Crippen molar-refractivity contribution < 1.29 is 9.84 Å². The van der Waals surface area contributed by atoms with E-state index in [1.165, 1.54) is 12.8 Å². The summed E-state index contributed by atoms with van der Waals surface area (Å²) in [5, 5.41) is 16.0. The van der Waals surface area contributed by atoms with Crippen LogP contribution in [0.4, 0.5) is 0 Å². The van der Waals surface area contributed by atoms with Gasteiger partial charge in [0.2, 0.25) is 5.88 Å². The second kappa shape index (κ2) is 10.8. The Hall–Kier alpha value is -2.91. The van der Waals surface area contributed by atoms with Gasteiger partial charge in [0.15, 0.2) is 0 Å². The molecule has 190 valence electrons. The van der Waals surface area contributed by atoms with Crippen LogP contribution in [0.1, 0.15) is 42.7 Å². The van der Waals surface area contributed by atoms with Crippen molar-refractivity contribution in [2.45, 2.75) is 37.2 Å². The average molecular weight is 558 g/mol. The third kappa shape index (κ3) is 5.52. The van der Waals surface area contributed by atoms with Gasteiger partial charge in [0, 0.05) is 40.2 Å². The lowest BCUT2D eigenvalue weighted by Crippen LogP contribution is -2.37. The number of pyridine rings is 1. The smallest absolute Gasteiger partial charge is 0.217 e. The quantitative estimate of drug-likeness (QED) is 0.240. The number of aromatic nitrogens is 1. The van der Waals surface area contributed by atoms with Crippen molar-refractivity contribution in [2.75, 3.05) is 27.7 Å². The molecule has 4 aromatic rings. The topological polar surface area (TPSA) is 45.6 Å². The SMILES string of the molecule is COc1nc2ccc(Br)cc2cc1C(CC#CC1CC1)C(O)(CCN(C)C)c1cccc2ccccc12. The lowest BCUT2D eigenvalue weighted by atomic mass is 9.72. The fraction of sp³-hybridized carbons (Fsp3) is 0.344. The highest BCUT2D eigenvalue weighted by Gasteiger charge is 2.42. The van der Waals surface area contributed by atoms with Gasteiger partial charge < -0.3 is 14.7 Å². The van der Waals surface area contributed by atoms with Crippen LogP contribution in [0, 0.1) is 17.8 Å². The molecule has 0 bridgehead atoms. The van der Waals surface area contributed by atoms with Gasteiger partial charge in [-0.25, -0.2) is 4.98 Å². The first kappa shape index (κ1) is 25.7. The second-order valence-corrected chi connectivity index (χ2v) is 11.2. The van der Waals surface area contributed by atoms with Crippen LogP contribution in [0.3, 0.4) is 0 Å². The highest BCUT2D eigenvalue weighted by Crippen LogP contribution is 2.47. The third-order valence-corrected chi connectivity index (χ3v) is 7.79. The van der Waals surface area contributed by atoms with Crippen LogP contribution >= 0.6 is 15.9 Å². The summed E-state index contributed by atoms with van der Waals surface area (Å²) in [6.07, 6.45) is 3.40. The molecule has 4 nitrogen and oxygen atoms in total. The van der Waals surface area contributed by atoms with Gasteiger partial charge in [0.25, 0.3) is 0 Å². The Balaban J connectivity index is 1.74. The maximum Gasteiger partial charge on any atom is 0.217 e. The largest absolute Gasteiger partial charge is 0.481 e. The van der Waals surface area contributed by atoms with Gasteiger partial charge in [-0.05, 0) is 74.0 Å². The second-order valence-electron chi connectivity index (χ2n) is 10.3. The van der Waals surface area contributed by atoms with Crippen molar-refractivity contribution >= 4 is 37.6 Å². The number of methoxy groups -OCH3 is 1. The van der Waals surface area contributed by atoms with Crippen molar-refractivity contribution in [1.82, 2.24) is 9.88 Å². The monoisotopic (exact) mass is 556 g/mol. The molecule has 1 aromatic heterocycles. The molecule has 0 aliphatic heterocycles. The first-order chi connectivity index (χ1) is 17.9. The summed E-state index contributed by atoms with van der Waals surface area (Å²) in [5.41, 5.74) is 1.46. The molecule has 2 atom stereocenters. The number of ether oxygens (including phenoxy) is 1. The average Bonchev–Trinajstić information content (AvgIpc) is 3.73. The van der Waals surface area contributed by atoms with Crippen molar-refractivity contribution in [3.8, 4) is 17.7 Å². The van der Waals surface area contributed by atoms with E-state index < -0.39 is 5.60 Å². The van der Waals surface area contributed by atoms with E-state index in [1.807, 2.05) is 44.4 Å². The molecule has 37 heavy (non-hydrogen) atoms. The lowest BCUT2D eigenvalue weighted by Gasteiger charge is -2.38. The molecular formula is C32H33BrN2O2. The summed E-state index contributed by atoms with van der Waals surface area (Å²) in [6, 6.07) is 22.6. The Bertz CT molecular complexity index is 1480. The zero-order valence-electron chi connectivity index (χ0n) is 21.7. The van der Waals surface area contributed by atoms with E-state index >= 15 is 0 Å². The Morgan fingerprint density at radius 1 is 1.08 bits per heavy atom. The summed E-state index contributed by atoms with van der Waals surface area (Å²) in [6.45, 7) is 0.723. The highest BCUT2D eigenvalue weighted by atomic mass is 79.9. The first-order valence-corrected chi connectivity index (χ1v) is 13.7. The number of rotatable bonds is 8. The fourth-order valence-electron chi connectivity index (χ4n) is 5.12. The molecule has 0 radical (unpaired) electrons. The molecular weight excluding hydrogens is 524 g/mol. The van der Waals surface area contributed by atoms with Gasteiger partial charge in [-0.3, -0.25) is 0 Å². The van der Waals surface area contributed by atoms with Crippen molar-refractivity contribution in [3.63, 3.8) is 0 Å². The predicted molar refractivity (Wildman–Crippen MR) is 155 cm³/mol. The number of nitrogens with zero attached hydrogens (tertiary/aromatic N) is 2. The molecule has 0 amide bonds. The molecule has 1 saturated carbocycles. The molecule has 1 aliphatic carbocycles. The van der Waals surface area contributed by atoms with Crippen molar-refractivity contribution in [2.24, 2.45) is 5.92 Å². The zero-order chi connectivity index (χ0) is 26.0. The number of benzene rings is 3. The van der Waals surface area contributed by atoms with Crippen LogP contribution < -0.4 is 4.74 Å². The Morgan fingerprint density at radius 2 is 1.86 bits per heavy atom. The number of fused-ring (bicyclic) bond motifs is 2. The van der Waals surface area contributed by atoms with E-state index in [-0.39, 0.29) is 5.92 Å². The standard InChI is InChI=1S/C32H33BrN2O2/c1-35(2)19-18-32(36,28-13-7-10-23-9-4-5-11-26(23)28)29(12-6-8-22-14-15-22)27-21-24-20-25(33)16-17-30(24)34-31(27)37-3/h4-5,7,9-11,13,16-17,20-22,29,36H,12,14-15,18-19H2,1-3H3. The van der Waals surface area contributed by atoms with Gasteiger partial charge in [-0.1, -0.05) is 64.3 Å². The van der Waals surface area contributed by atoms with Crippen LogP contribution in [0.2, 0.25) is 0 Å². The van der Waals surface area contributed by atoms with Crippen LogP contribution in [-0.4, -0.2) is 42.7 Å². The summed E-state index contributed by atoms with van der Waals surface area (Å²) in [4.78, 5) is 6.98. The van der Waals surface area contributed by atoms with Crippen LogP contribution in [-0.2, 0) is 5.60 Å². The summed E-state index contributed by atoms with van der Waals surface area (Å²) in [7, 11) is 5.74. The number of aliphatic hydroxyl groups is 1. The van der Waals surface area contributed by atoms with Gasteiger partial charge in [0.05, 0.1) is 18.2 Å². The van der Waals surface area contributed by atoms with Crippen molar-refractivity contribution in [3.05, 3.63) is 82.3 Å². The molecule has 2 unspecified atom stereocenters. The van der Waals surface area contributed by atoms with Crippen molar-refractivity contribution in [1.29, 1.82) is 0 Å². The Morgan fingerprint density at radius 3 is 2.62 bits per heavy atom. The van der Waals surface area contributed by atoms with Gasteiger partial charge >= 0.3 is 0 Å². The molecule has 5 rings (SSSR count). The van der Waals surface area contributed by atoms with E-state index in [1.54, 1.807) is 7.11 Å². The summed E-state index contributed by atoms with van der Waals surface area (Å²) < 4.78 is 6.84. The van der Waals surface area contributed by atoms with Gasteiger partial charge in [-0.2, -0.15) is 0 Å². The first-order valence-electron chi connectivity index (χ1n) is 12.9. The molecule has 1 fully saturated rings. The Kier molecular flexibility index (Phi) is 7.53. The molecule has 0 saturated heterocycles. The molecule has 5 heteroatoms. The minimum absolute atomic E-state index is 0.338. The van der Waals surface area contributed by atoms with E-state index in [0.717, 1.165) is 43.8 Å².